The van der Waals surface area contributed by atoms with Gasteiger partial charge in [0.15, 0.2) is 0 Å². The number of methoxy groups -OCH3 is 2. The fourth-order valence-electron chi connectivity index (χ4n) is 2.06. The summed E-state index contributed by atoms with van der Waals surface area (Å²) in [5.41, 5.74) is 0.265. The zero-order valence-electron chi connectivity index (χ0n) is 11.8. The highest BCUT2D eigenvalue weighted by atomic mass is 16.5. The summed E-state index contributed by atoms with van der Waals surface area (Å²) in [5, 5.41) is 4.78. The molecule has 1 aromatic rings. The number of piperidine rings is 1. The molecule has 0 saturated carbocycles. The standard InChI is InChI=1S/C14H16N2O5/c1-20-8-3-5-11(21-2)9(7-8)13(18)15-10-4-6-12(17)16-14(10)19/h3,5,7,10H,4,6H2,1-2H3,(H,15,18)(H,16,17,19). The van der Waals surface area contributed by atoms with Crippen LogP contribution < -0.4 is 20.1 Å². The third-order valence-corrected chi connectivity index (χ3v) is 3.20. The molecule has 0 aromatic heterocycles. The molecule has 0 spiro atoms. The van der Waals surface area contributed by atoms with Crippen molar-refractivity contribution in [3.63, 3.8) is 0 Å². The van der Waals surface area contributed by atoms with Crippen LogP contribution in [-0.2, 0) is 9.59 Å². The van der Waals surface area contributed by atoms with Crippen molar-refractivity contribution in [2.24, 2.45) is 0 Å². The molecule has 112 valence electrons. The minimum absolute atomic E-state index is 0.200. The fraction of sp³-hybridized carbons (Fsp3) is 0.357. The van der Waals surface area contributed by atoms with Crippen LogP contribution in [-0.4, -0.2) is 38.0 Å². The number of rotatable bonds is 4. The molecule has 1 saturated heterocycles. The Kier molecular flexibility index (Phi) is 4.42. The Morgan fingerprint density at radius 1 is 1.29 bits per heavy atom. The number of hydrogen-bond acceptors (Lipinski definition) is 5. The number of ether oxygens (including phenoxy) is 2. The normalized spacial score (nSPS) is 17.9. The van der Waals surface area contributed by atoms with Crippen molar-refractivity contribution in [2.45, 2.75) is 18.9 Å². The molecule has 1 aliphatic rings. The minimum Gasteiger partial charge on any atom is -0.497 e. The van der Waals surface area contributed by atoms with Gasteiger partial charge in [0, 0.05) is 6.42 Å². The Hall–Kier alpha value is -2.57. The highest BCUT2D eigenvalue weighted by Crippen LogP contribution is 2.24. The van der Waals surface area contributed by atoms with Crippen LogP contribution in [0.25, 0.3) is 0 Å². The zero-order chi connectivity index (χ0) is 15.4. The van der Waals surface area contributed by atoms with E-state index in [4.69, 9.17) is 9.47 Å². The molecule has 2 rings (SSSR count). The summed E-state index contributed by atoms with van der Waals surface area (Å²) in [5.74, 6) is -0.406. The summed E-state index contributed by atoms with van der Waals surface area (Å²) in [4.78, 5) is 35.0. The van der Waals surface area contributed by atoms with E-state index in [-0.39, 0.29) is 24.3 Å². The summed E-state index contributed by atoms with van der Waals surface area (Å²) in [6.07, 6.45) is 0.481. The lowest BCUT2D eigenvalue weighted by Gasteiger charge is -2.22. The monoisotopic (exact) mass is 292 g/mol. The quantitative estimate of drug-likeness (QED) is 0.775. The lowest BCUT2D eigenvalue weighted by Crippen LogP contribution is -2.52. The molecule has 0 radical (unpaired) electrons. The molecule has 1 aromatic carbocycles. The summed E-state index contributed by atoms with van der Waals surface area (Å²) < 4.78 is 10.2. The predicted octanol–water partition coefficient (Wildman–Crippen LogP) is 0.239. The summed E-state index contributed by atoms with van der Waals surface area (Å²) in [6.45, 7) is 0. The molecular weight excluding hydrogens is 276 g/mol. The Balaban J connectivity index is 2.16. The van der Waals surface area contributed by atoms with Gasteiger partial charge < -0.3 is 14.8 Å². The maximum Gasteiger partial charge on any atom is 0.255 e. The van der Waals surface area contributed by atoms with E-state index >= 15 is 0 Å². The van der Waals surface area contributed by atoms with Crippen molar-refractivity contribution in [2.75, 3.05) is 14.2 Å². The summed E-state index contributed by atoms with van der Waals surface area (Å²) in [7, 11) is 2.94. The molecule has 0 bridgehead atoms. The van der Waals surface area contributed by atoms with Crippen LogP contribution >= 0.6 is 0 Å². The highest BCUT2D eigenvalue weighted by Gasteiger charge is 2.28. The van der Waals surface area contributed by atoms with E-state index in [9.17, 15) is 14.4 Å². The van der Waals surface area contributed by atoms with Gasteiger partial charge in [0.05, 0.1) is 19.8 Å². The molecule has 1 aliphatic heterocycles. The second-order valence-electron chi connectivity index (χ2n) is 4.54. The lowest BCUT2D eigenvalue weighted by atomic mass is 10.1. The maximum atomic E-state index is 12.3. The summed E-state index contributed by atoms with van der Waals surface area (Å²) in [6, 6.07) is 4.07. The molecule has 0 aliphatic carbocycles. The number of carbonyl (C=O) groups is 3. The van der Waals surface area contributed by atoms with Gasteiger partial charge in [-0.1, -0.05) is 0 Å². The number of imide groups is 1. The van der Waals surface area contributed by atoms with Gasteiger partial charge in [0.2, 0.25) is 11.8 Å². The van der Waals surface area contributed by atoms with Crippen molar-refractivity contribution in [1.29, 1.82) is 0 Å². The van der Waals surface area contributed by atoms with E-state index in [1.54, 1.807) is 12.1 Å². The molecule has 1 atom stereocenters. The van der Waals surface area contributed by atoms with Gasteiger partial charge in [0.25, 0.3) is 5.91 Å². The molecule has 1 fully saturated rings. The molecule has 1 unspecified atom stereocenters. The van der Waals surface area contributed by atoms with Gasteiger partial charge in [-0.25, -0.2) is 0 Å². The summed E-state index contributed by atoms with van der Waals surface area (Å²) >= 11 is 0. The molecule has 3 amide bonds. The Bertz CT molecular complexity index is 585. The SMILES string of the molecule is COc1ccc(OC)c(C(=O)NC2CCC(=O)NC2=O)c1. The van der Waals surface area contributed by atoms with E-state index in [0.29, 0.717) is 11.5 Å². The molecule has 7 nitrogen and oxygen atoms in total. The second-order valence-corrected chi connectivity index (χ2v) is 4.54. The van der Waals surface area contributed by atoms with Crippen LogP contribution in [0.5, 0.6) is 11.5 Å². The van der Waals surface area contributed by atoms with E-state index in [1.165, 1.54) is 20.3 Å². The molecule has 2 N–H and O–H groups in total. The first-order chi connectivity index (χ1) is 10.0. The van der Waals surface area contributed by atoms with Crippen molar-refractivity contribution in [3.8, 4) is 11.5 Å². The third-order valence-electron chi connectivity index (χ3n) is 3.20. The van der Waals surface area contributed by atoms with Gasteiger partial charge in [0.1, 0.15) is 17.5 Å². The minimum atomic E-state index is -0.730. The Morgan fingerprint density at radius 2 is 2.05 bits per heavy atom. The number of amides is 3. The van der Waals surface area contributed by atoms with E-state index in [2.05, 4.69) is 10.6 Å². The number of hydrogen-bond donors (Lipinski definition) is 2. The van der Waals surface area contributed by atoms with Gasteiger partial charge in [-0.15, -0.1) is 0 Å². The van der Waals surface area contributed by atoms with Gasteiger partial charge in [-0.2, -0.15) is 0 Å². The van der Waals surface area contributed by atoms with Crippen molar-refractivity contribution >= 4 is 17.7 Å². The lowest BCUT2D eigenvalue weighted by molar-refractivity contribution is -0.134. The Morgan fingerprint density at radius 3 is 2.67 bits per heavy atom. The average Bonchev–Trinajstić information content (AvgIpc) is 2.49. The first-order valence-corrected chi connectivity index (χ1v) is 6.41. The predicted molar refractivity (Wildman–Crippen MR) is 73.2 cm³/mol. The average molecular weight is 292 g/mol. The first-order valence-electron chi connectivity index (χ1n) is 6.41. The van der Waals surface area contributed by atoms with Crippen LogP contribution in [0.4, 0.5) is 0 Å². The smallest absolute Gasteiger partial charge is 0.255 e. The van der Waals surface area contributed by atoms with Gasteiger partial charge >= 0.3 is 0 Å². The zero-order valence-corrected chi connectivity index (χ0v) is 11.8. The van der Waals surface area contributed by atoms with Crippen molar-refractivity contribution in [1.82, 2.24) is 10.6 Å². The first kappa shape index (κ1) is 14.8. The fourth-order valence-corrected chi connectivity index (χ4v) is 2.06. The van der Waals surface area contributed by atoms with Gasteiger partial charge in [-0.3, -0.25) is 19.7 Å². The van der Waals surface area contributed by atoms with E-state index in [1.807, 2.05) is 0 Å². The molecule has 21 heavy (non-hydrogen) atoms. The van der Waals surface area contributed by atoms with E-state index in [0.717, 1.165) is 0 Å². The molecular formula is C14H16N2O5. The van der Waals surface area contributed by atoms with Crippen molar-refractivity contribution < 1.29 is 23.9 Å². The second kappa shape index (κ2) is 6.25. The largest absolute Gasteiger partial charge is 0.497 e. The maximum absolute atomic E-state index is 12.3. The van der Waals surface area contributed by atoms with E-state index < -0.39 is 17.9 Å². The number of nitrogens with one attached hydrogen (secondary N) is 2. The molecule has 7 heteroatoms. The van der Waals surface area contributed by atoms with Crippen LogP contribution in [0.15, 0.2) is 18.2 Å². The molecule has 1 heterocycles. The van der Waals surface area contributed by atoms with Crippen LogP contribution in [0, 0.1) is 0 Å². The third kappa shape index (κ3) is 3.31. The number of benzene rings is 1. The Labute approximate surface area is 121 Å². The number of carbonyl (C=O) groups excluding carboxylic acids is 3. The van der Waals surface area contributed by atoms with Crippen molar-refractivity contribution in [3.05, 3.63) is 23.8 Å². The topological polar surface area (TPSA) is 93.7 Å². The van der Waals surface area contributed by atoms with Crippen LogP contribution in [0.2, 0.25) is 0 Å². The highest BCUT2D eigenvalue weighted by molar-refractivity contribution is 6.04. The van der Waals surface area contributed by atoms with Crippen LogP contribution in [0.1, 0.15) is 23.2 Å². The van der Waals surface area contributed by atoms with Crippen LogP contribution in [0.3, 0.4) is 0 Å². The van der Waals surface area contributed by atoms with Gasteiger partial charge in [-0.05, 0) is 24.6 Å².